The molecule has 0 spiro atoms. The molecule has 0 bridgehead atoms. The molecule has 4 aliphatic rings. The molecule has 0 saturated heterocycles. The average molecular weight is 421 g/mol. The summed E-state index contributed by atoms with van der Waals surface area (Å²) < 4.78 is 28.2. The van der Waals surface area contributed by atoms with Gasteiger partial charge in [-0.05, 0) is 86.3 Å². The largest absolute Gasteiger partial charge is 0.296 e. The number of carbonyl (C=O) groups is 2. The molecule has 5 atom stereocenters. The van der Waals surface area contributed by atoms with Crippen molar-refractivity contribution in [2.45, 2.75) is 78.2 Å². The third-order valence-electron chi connectivity index (χ3n) is 8.57. The van der Waals surface area contributed by atoms with E-state index in [1.807, 2.05) is 13.0 Å². The van der Waals surface area contributed by atoms with Gasteiger partial charge in [-0.25, -0.2) is 0 Å². The van der Waals surface area contributed by atoms with E-state index in [9.17, 15) is 18.0 Å². The minimum atomic E-state index is -3.67. The summed E-state index contributed by atoms with van der Waals surface area (Å²) in [7, 11) is -3.67. The standard InChI is InChI=1S/C23H32O5S/c1-14(28-29(4,26)27)21(25)23(3)12-10-20-19-7-5-15-13-16(24)6-8-17(15)18(19)9-11-22(20,23)2/h13-14,19-20H,5-12H2,1-4H3/t14-,19?,20?,22-,23+/m0/s1. The van der Waals surface area contributed by atoms with E-state index in [1.165, 1.54) is 16.7 Å². The number of hydrogen-bond acceptors (Lipinski definition) is 5. The van der Waals surface area contributed by atoms with E-state index in [4.69, 9.17) is 4.18 Å². The summed E-state index contributed by atoms with van der Waals surface area (Å²) in [6.07, 6.45) is 9.09. The minimum Gasteiger partial charge on any atom is -0.296 e. The van der Waals surface area contributed by atoms with Crippen molar-refractivity contribution >= 4 is 21.7 Å². The summed E-state index contributed by atoms with van der Waals surface area (Å²) in [4.78, 5) is 25.2. The van der Waals surface area contributed by atoms with Crippen molar-refractivity contribution in [3.05, 3.63) is 22.8 Å². The van der Waals surface area contributed by atoms with Gasteiger partial charge in [0.1, 0.15) is 6.10 Å². The monoisotopic (exact) mass is 420 g/mol. The average Bonchev–Trinajstić information content (AvgIpc) is 2.91. The Morgan fingerprint density at radius 3 is 2.55 bits per heavy atom. The fourth-order valence-electron chi connectivity index (χ4n) is 6.96. The van der Waals surface area contributed by atoms with Crippen molar-refractivity contribution < 1.29 is 22.2 Å². The topological polar surface area (TPSA) is 77.5 Å². The Hall–Kier alpha value is -1.27. The molecule has 0 radical (unpaired) electrons. The highest BCUT2D eigenvalue weighted by Crippen LogP contribution is 2.67. The highest BCUT2D eigenvalue weighted by Gasteiger charge is 2.62. The SMILES string of the molecule is C[C@H](OS(C)(=O)=O)C(=O)[C@@]1(C)CCC2C3CCC4=CC(=O)CCC4=C3CC[C@@]21C. The maximum absolute atomic E-state index is 13.4. The van der Waals surface area contributed by atoms with Gasteiger partial charge in [0.25, 0.3) is 10.1 Å². The van der Waals surface area contributed by atoms with E-state index in [0.29, 0.717) is 18.3 Å². The van der Waals surface area contributed by atoms with Gasteiger partial charge in [0.15, 0.2) is 11.6 Å². The number of Topliss-reactive ketones (excluding diaryl/α,β-unsaturated/α-hetero) is 1. The van der Waals surface area contributed by atoms with Crippen LogP contribution in [-0.2, 0) is 23.9 Å². The molecule has 29 heavy (non-hydrogen) atoms. The molecular weight excluding hydrogens is 388 g/mol. The zero-order chi connectivity index (χ0) is 21.2. The van der Waals surface area contributed by atoms with E-state index in [2.05, 4.69) is 6.92 Å². The van der Waals surface area contributed by atoms with Crippen LogP contribution in [0.5, 0.6) is 0 Å². The van der Waals surface area contributed by atoms with Crippen LogP contribution < -0.4 is 0 Å². The van der Waals surface area contributed by atoms with E-state index in [-0.39, 0.29) is 17.0 Å². The Kier molecular flexibility index (Phi) is 4.97. The van der Waals surface area contributed by atoms with Gasteiger partial charge in [0.2, 0.25) is 0 Å². The van der Waals surface area contributed by atoms with Crippen LogP contribution in [0.4, 0.5) is 0 Å². The van der Waals surface area contributed by atoms with Crippen LogP contribution in [0.3, 0.4) is 0 Å². The smallest absolute Gasteiger partial charge is 0.265 e. The van der Waals surface area contributed by atoms with Gasteiger partial charge in [0, 0.05) is 11.8 Å². The molecule has 0 aromatic carbocycles. The minimum absolute atomic E-state index is 0.0799. The van der Waals surface area contributed by atoms with Crippen molar-refractivity contribution in [1.29, 1.82) is 0 Å². The summed E-state index contributed by atoms with van der Waals surface area (Å²) in [5.74, 6) is 1.08. The van der Waals surface area contributed by atoms with Crippen LogP contribution in [-0.4, -0.2) is 32.3 Å². The second-order valence-corrected chi connectivity index (χ2v) is 11.6. The molecule has 0 aromatic rings. The maximum atomic E-state index is 13.4. The molecule has 4 aliphatic carbocycles. The first-order valence-corrected chi connectivity index (χ1v) is 12.7. The van der Waals surface area contributed by atoms with Gasteiger partial charge in [-0.15, -0.1) is 0 Å². The van der Waals surface area contributed by atoms with Crippen LogP contribution in [0.1, 0.15) is 72.1 Å². The molecule has 0 heterocycles. The van der Waals surface area contributed by atoms with Gasteiger partial charge < -0.3 is 0 Å². The number of carbonyl (C=O) groups excluding carboxylic acids is 2. The number of allylic oxidation sites excluding steroid dienone is 4. The van der Waals surface area contributed by atoms with Crippen molar-refractivity contribution in [2.75, 3.05) is 6.26 Å². The van der Waals surface area contributed by atoms with E-state index in [1.54, 1.807) is 6.92 Å². The third kappa shape index (κ3) is 3.27. The van der Waals surface area contributed by atoms with Gasteiger partial charge in [0.05, 0.1) is 6.26 Å². The molecule has 2 saturated carbocycles. The second-order valence-electron chi connectivity index (χ2n) is 9.99. The molecule has 4 rings (SSSR count). The number of hydrogen-bond donors (Lipinski definition) is 0. The van der Waals surface area contributed by atoms with E-state index >= 15 is 0 Å². The predicted octanol–water partition coefficient (Wildman–Crippen LogP) is 4.13. The highest BCUT2D eigenvalue weighted by atomic mass is 32.2. The first-order chi connectivity index (χ1) is 13.5. The zero-order valence-electron chi connectivity index (χ0n) is 17.9. The number of ketones is 2. The molecule has 0 N–H and O–H groups in total. The lowest BCUT2D eigenvalue weighted by molar-refractivity contribution is -0.142. The zero-order valence-corrected chi connectivity index (χ0v) is 18.7. The Labute approximate surface area is 174 Å². The Bertz CT molecular complexity index is 927. The van der Waals surface area contributed by atoms with Crippen molar-refractivity contribution in [3.63, 3.8) is 0 Å². The van der Waals surface area contributed by atoms with Crippen LogP contribution >= 0.6 is 0 Å². The van der Waals surface area contributed by atoms with E-state index < -0.39 is 21.6 Å². The number of fused-ring (bicyclic) bond motifs is 4. The molecule has 5 nitrogen and oxygen atoms in total. The van der Waals surface area contributed by atoms with E-state index in [0.717, 1.165) is 51.2 Å². The van der Waals surface area contributed by atoms with Crippen LogP contribution in [0, 0.1) is 22.7 Å². The van der Waals surface area contributed by atoms with Gasteiger partial charge in [-0.3, -0.25) is 13.8 Å². The molecule has 160 valence electrons. The molecule has 2 unspecified atom stereocenters. The molecule has 6 heteroatoms. The second kappa shape index (κ2) is 6.88. The summed E-state index contributed by atoms with van der Waals surface area (Å²) in [5, 5.41) is 0. The first-order valence-electron chi connectivity index (χ1n) is 10.8. The van der Waals surface area contributed by atoms with Gasteiger partial charge in [-0.2, -0.15) is 8.42 Å². The predicted molar refractivity (Wildman–Crippen MR) is 111 cm³/mol. The van der Waals surface area contributed by atoms with Gasteiger partial charge in [-0.1, -0.05) is 19.4 Å². The molecule has 2 fully saturated rings. The lowest BCUT2D eigenvalue weighted by Gasteiger charge is -2.52. The quantitative estimate of drug-likeness (QED) is 0.639. The van der Waals surface area contributed by atoms with Crippen LogP contribution in [0.2, 0.25) is 0 Å². The van der Waals surface area contributed by atoms with Crippen LogP contribution in [0.25, 0.3) is 0 Å². The number of rotatable bonds is 4. The normalized spacial score (nSPS) is 38.1. The summed E-state index contributed by atoms with van der Waals surface area (Å²) in [6, 6.07) is 0. The summed E-state index contributed by atoms with van der Waals surface area (Å²) in [6.45, 7) is 5.84. The fraction of sp³-hybridized carbons (Fsp3) is 0.739. The Morgan fingerprint density at radius 1 is 1.14 bits per heavy atom. The third-order valence-corrected chi connectivity index (χ3v) is 9.21. The molecule has 0 amide bonds. The fourth-order valence-corrected chi connectivity index (χ4v) is 7.57. The Balaban J connectivity index is 1.65. The molecular formula is C23H32O5S. The Morgan fingerprint density at radius 2 is 1.86 bits per heavy atom. The maximum Gasteiger partial charge on any atom is 0.265 e. The highest BCUT2D eigenvalue weighted by molar-refractivity contribution is 7.86. The molecule has 0 aliphatic heterocycles. The summed E-state index contributed by atoms with van der Waals surface area (Å²) >= 11 is 0. The lowest BCUT2D eigenvalue weighted by Crippen LogP contribution is -2.50. The molecule has 0 aromatic heterocycles. The van der Waals surface area contributed by atoms with Crippen LogP contribution in [0.15, 0.2) is 22.8 Å². The van der Waals surface area contributed by atoms with Crippen molar-refractivity contribution in [2.24, 2.45) is 22.7 Å². The summed E-state index contributed by atoms with van der Waals surface area (Å²) in [5.41, 5.74) is 3.49. The van der Waals surface area contributed by atoms with Crippen molar-refractivity contribution in [3.8, 4) is 0 Å². The first kappa shape index (κ1) is 21.0. The lowest BCUT2D eigenvalue weighted by atomic mass is 9.51. The van der Waals surface area contributed by atoms with Gasteiger partial charge >= 0.3 is 0 Å². The van der Waals surface area contributed by atoms with Crippen molar-refractivity contribution in [1.82, 2.24) is 0 Å².